The predicted molar refractivity (Wildman–Crippen MR) is 191 cm³/mol. The number of carbonyl (C=O) groups excluding carboxylic acids is 2. The summed E-state index contributed by atoms with van der Waals surface area (Å²) in [7, 11) is 5.47. The highest BCUT2D eigenvalue weighted by Crippen LogP contribution is 2.47. The zero-order valence-electron chi connectivity index (χ0n) is 30.1. The van der Waals surface area contributed by atoms with Crippen molar-refractivity contribution in [1.82, 2.24) is 0 Å². The highest BCUT2D eigenvalue weighted by atomic mass is 16.6. The standard InChI is InChI=1S/C40H42O14/c1-49-31-13-21(5-7-29(31)41)9-25-19-53-37(45)39(25,47)17-23-11-27(35(43)33(15-23)51-3)28-12-24(16-34(52-4)36(28)44)18-40(48)26(20-54-38(40)46)10-22-6-8-30(42)32(14-22)50-2/h5-8,11-16,25-26,41-44,47-48H,9-10,17-20H2,1-4H3/t25-,26-,39-,40-/m0/s1. The number of esters is 2. The molecule has 2 heterocycles. The molecule has 2 aliphatic rings. The number of rotatable bonds is 13. The number of cyclic esters (lactones) is 2. The first-order chi connectivity index (χ1) is 25.7. The van der Waals surface area contributed by atoms with Gasteiger partial charge in [0, 0.05) is 35.8 Å². The summed E-state index contributed by atoms with van der Waals surface area (Å²) in [6.45, 7) is -0.152. The van der Waals surface area contributed by atoms with E-state index in [0.29, 0.717) is 22.3 Å². The molecule has 2 saturated heterocycles. The summed E-state index contributed by atoms with van der Waals surface area (Å²) >= 11 is 0. The van der Waals surface area contributed by atoms with Crippen molar-refractivity contribution in [1.29, 1.82) is 0 Å². The van der Waals surface area contributed by atoms with E-state index in [0.717, 1.165) is 0 Å². The summed E-state index contributed by atoms with van der Waals surface area (Å²) in [5.41, 5.74) is -1.86. The zero-order valence-corrected chi connectivity index (χ0v) is 30.1. The van der Waals surface area contributed by atoms with Crippen LogP contribution in [0.4, 0.5) is 0 Å². The molecule has 286 valence electrons. The fraction of sp³-hybridized carbons (Fsp3) is 0.350. The minimum atomic E-state index is -2.01. The van der Waals surface area contributed by atoms with Gasteiger partial charge >= 0.3 is 11.9 Å². The molecule has 14 heteroatoms. The third-order valence-corrected chi connectivity index (χ3v) is 10.3. The molecule has 6 rings (SSSR count). The number of phenolic OH excluding ortho intramolecular Hbond substituents is 4. The first kappa shape index (κ1) is 37.9. The second-order valence-corrected chi connectivity index (χ2v) is 13.6. The van der Waals surface area contributed by atoms with Gasteiger partial charge in [-0.25, -0.2) is 9.59 Å². The molecule has 14 nitrogen and oxygen atoms in total. The van der Waals surface area contributed by atoms with Gasteiger partial charge in [0.1, 0.15) is 0 Å². The van der Waals surface area contributed by atoms with E-state index in [4.69, 9.17) is 28.4 Å². The van der Waals surface area contributed by atoms with Crippen LogP contribution in [0, 0.1) is 11.8 Å². The van der Waals surface area contributed by atoms with Crippen LogP contribution in [0.1, 0.15) is 22.3 Å². The lowest BCUT2D eigenvalue weighted by Crippen LogP contribution is -2.44. The number of benzene rings is 4. The number of aliphatic hydroxyl groups is 2. The van der Waals surface area contributed by atoms with Gasteiger partial charge in [-0.3, -0.25) is 0 Å². The van der Waals surface area contributed by atoms with Crippen molar-refractivity contribution < 1.29 is 68.6 Å². The van der Waals surface area contributed by atoms with Gasteiger partial charge in [-0.15, -0.1) is 0 Å². The van der Waals surface area contributed by atoms with E-state index in [1.54, 1.807) is 24.3 Å². The molecule has 2 aliphatic heterocycles. The summed E-state index contributed by atoms with van der Waals surface area (Å²) in [4.78, 5) is 26.2. The molecule has 0 unspecified atom stereocenters. The first-order valence-electron chi connectivity index (χ1n) is 17.1. The molecular formula is C40H42O14. The highest BCUT2D eigenvalue weighted by molar-refractivity contribution is 5.85. The number of ether oxygens (including phenoxy) is 6. The van der Waals surface area contributed by atoms with Crippen molar-refractivity contribution in [3.63, 3.8) is 0 Å². The third kappa shape index (κ3) is 6.97. The second kappa shape index (κ2) is 14.9. The maximum absolute atomic E-state index is 13.1. The number of phenols is 4. The Kier molecular flexibility index (Phi) is 10.4. The van der Waals surface area contributed by atoms with E-state index >= 15 is 0 Å². The van der Waals surface area contributed by atoms with Gasteiger partial charge < -0.3 is 59.1 Å². The van der Waals surface area contributed by atoms with Gasteiger partial charge in [-0.2, -0.15) is 0 Å². The van der Waals surface area contributed by atoms with E-state index in [2.05, 4.69) is 0 Å². The topological polar surface area (TPSA) is 211 Å². The van der Waals surface area contributed by atoms with Gasteiger partial charge in [-0.05, 0) is 83.6 Å². The Morgan fingerprint density at radius 3 is 1.26 bits per heavy atom. The third-order valence-electron chi connectivity index (χ3n) is 10.3. The van der Waals surface area contributed by atoms with E-state index < -0.39 is 35.0 Å². The van der Waals surface area contributed by atoms with Crippen LogP contribution in [0.5, 0.6) is 46.0 Å². The summed E-state index contributed by atoms with van der Waals surface area (Å²) in [6, 6.07) is 15.3. The highest BCUT2D eigenvalue weighted by Gasteiger charge is 2.52. The quantitative estimate of drug-likeness (QED) is 0.108. The molecule has 54 heavy (non-hydrogen) atoms. The lowest BCUT2D eigenvalue weighted by Gasteiger charge is -2.27. The molecule has 6 N–H and O–H groups in total. The van der Waals surface area contributed by atoms with Crippen LogP contribution in [0.15, 0.2) is 60.7 Å². The molecule has 0 amide bonds. The Balaban J connectivity index is 1.34. The molecule has 4 aromatic carbocycles. The summed E-state index contributed by atoms with van der Waals surface area (Å²) in [5.74, 6) is -3.54. The number of aromatic hydroxyl groups is 4. The van der Waals surface area contributed by atoms with Gasteiger partial charge in [0.25, 0.3) is 0 Å². The predicted octanol–water partition coefficient (Wildman–Crippen LogP) is 3.59. The van der Waals surface area contributed by atoms with Gasteiger partial charge in [-0.1, -0.05) is 12.1 Å². The summed E-state index contributed by atoms with van der Waals surface area (Å²) < 4.78 is 32.0. The Morgan fingerprint density at radius 1 is 0.556 bits per heavy atom. The van der Waals surface area contributed by atoms with Gasteiger partial charge in [0.15, 0.2) is 57.2 Å². The number of carbonyl (C=O) groups is 2. The van der Waals surface area contributed by atoms with Gasteiger partial charge in [0.2, 0.25) is 0 Å². The van der Waals surface area contributed by atoms with Crippen LogP contribution >= 0.6 is 0 Å². The zero-order chi connectivity index (χ0) is 38.9. The van der Waals surface area contributed by atoms with Crippen molar-refractivity contribution in [2.75, 3.05) is 41.7 Å². The minimum Gasteiger partial charge on any atom is -0.504 e. The first-order valence-corrected chi connectivity index (χ1v) is 17.1. The molecule has 0 bridgehead atoms. The maximum Gasteiger partial charge on any atom is 0.338 e. The molecule has 0 aliphatic carbocycles. The normalized spacial score (nSPS) is 22.1. The van der Waals surface area contributed by atoms with Crippen LogP contribution in [0.25, 0.3) is 11.1 Å². The van der Waals surface area contributed by atoms with Crippen LogP contribution in [-0.2, 0) is 44.7 Å². The summed E-state index contributed by atoms with van der Waals surface area (Å²) in [6.07, 6.45) is -0.119. The van der Waals surface area contributed by atoms with Crippen LogP contribution in [0.2, 0.25) is 0 Å². The average Bonchev–Trinajstić information content (AvgIpc) is 3.58. The van der Waals surface area contributed by atoms with Crippen LogP contribution in [0.3, 0.4) is 0 Å². The van der Waals surface area contributed by atoms with E-state index in [9.17, 15) is 40.2 Å². The largest absolute Gasteiger partial charge is 0.504 e. The maximum atomic E-state index is 13.1. The smallest absolute Gasteiger partial charge is 0.338 e. The SMILES string of the molecule is COc1cc(C[C@H]2COC(=O)[C@]2(O)Cc2cc(OC)c(O)c(-c3cc(C[C@@]4(O)C(=O)OC[C@@H]4Cc4ccc(O)c(OC)c4)cc(OC)c3O)c2)ccc1O. The number of hydrogen-bond acceptors (Lipinski definition) is 14. The lowest BCUT2D eigenvalue weighted by molar-refractivity contribution is -0.154. The summed E-state index contributed by atoms with van der Waals surface area (Å²) in [5, 5.41) is 66.5. The Hall–Kier alpha value is -5.86. The Bertz CT molecular complexity index is 1930. The molecule has 0 aromatic heterocycles. The van der Waals surface area contributed by atoms with E-state index in [1.165, 1.54) is 64.8 Å². The molecular weight excluding hydrogens is 704 g/mol. The van der Waals surface area contributed by atoms with Crippen molar-refractivity contribution in [2.45, 2.75) is 36.9 Å². The second-order valence-electron chi connectivity index (χ2n) is 13.6. The molecule has 0 saturated carbocycles. The van der Waals surface area contributed by atoms with E-state index in [-0.39, 0.29) is 96.0 Å². The molecule has 0 radical (unpaired) electrons. The fourth-order valence-electron chi connectivity index (χ4n) is 7.25. The lowest BCUT2D eigenvalue weighted by atomic mass is 9.79. The average molecular weight is 747 g/mol. The van der Waals surface area contributed by atoms with Crippen molar-refractivity contribution in [2.24, 2.45) is 11.8 Å². The van der Waals surface area contributed by atoms with Crippen molar-refractivity contribution in [3.8, 4) is 57.1 Å². The molecule has 4 aromatic rings. The van der Waals surface area contributed by atoms with Gasteiger partial charge in [0.05, 0.1) is 41.7 Å². The Labute approximate surface area is 310 Å². The number of hydrogen-bond donors (Lipinski definition) is 6. The van der Waals surface area contributed by atoms with Crippen molar-refractivity contribution >= 4 is 11.9 Å². The van der Waals surface area contributed by atoms with Crippen molar-refractivity contribution in [3.05, 3.63) is 82.9 Å². The fourth-order valence-corrected chi connectivity index (χ4v) is 7.25. The monoisotopic (exact) mass is 746 g/mol. The molecule has 4 atom stereocenters. The Morgan fingerprint density at radius 2 is 0.907 bits per heavy atom. The van der Waals surface area contributed by atoms with E-state index in [1.807, 2.05) is 0 Å². The minimum absolute atomic E-state index is 0.0246. The van der Waals surface area contributed by atoms with Crippen LogP contribution < -0.4 is 18.9 Å². The van der Waals surface area contributed by atoms with Crippen LogP contribution in [-0.4, -0.2) is 95.4 Å². The molecule has 2 fully saturated rings. The number of methoxy groups -OCH3 is 4. The molecule has 0 spiro atoms.